The lowest BCUT2D eigenvalue weighted by atomic mass is 9.93. The van der Waals surface area contributed by atoms with Gasteiger partial charge >= 0.3 is 0 Å². The molecule has 0 aliphatic carbocycles. The van der Waals surface area contributed by atoms with E-state index < -0.39 is 0 Å². The maximum Gasteiger partial charge on any atom is 0.123 e. The Morgan fingerprint density at radius 3 is 3.07 bits per heavy atom. The summed E-state index contributed by atoms with van der Waals surface area (Å²) in [5.41, 5.74) is 1.14. The van der Waals surface area contributed by atoms with Crippen molar-refractivity contribution >= 4 is 0 Å². The SMILES string of the molecule is Fc1cccc(CC2CCCNCC2)c1. The standard InChI is InChI=1S/C13H18FN/c14-13-5-1-3-12(10-13)9-11-4-2-7-15-8-6-11/h1,3,5,10-11,15H,2,4,6-9H2. The van der Waals surface area contributed by atoms with Gasteiger partial charge in [-0.15, -0.1) is 0 Å². The summed E-state index contributed by atoms with van der Waals surface area (Å²) in [6, 6.07) is 7.01. The first-order valence-electron chi connectivity index (χ1n) is 5.80. The Balaban J connectivity index is 1.95. The molecule has 1 atom stereocenters. The number of rotatable bonds is 2. The number of hydrogen-bond acceptors (Lipinski definition) is 1. The van der Waals surface area contributed by atoms with Crippen molar-refractivity contribution in [1.29, 1.82) is 0 Å². The van der Waals surface area contributed by atoms with Crippen LogP contribution in [-0.2, 0) is 6.42 Å². The van der Waals surface area contributed by atoms with E-state index in [1.54, 1.807) is 12.1 Å². The molecule has 1 aliphatic rings. The number of hydrogen-bond donors (Lipinski definition) is 1. The van der Waals surface area contributed by atoms with Gasteiger partial charge in [0.05, 0.1) is 0 Å². The van der Waals surface area contributed by atoms with Crippen molar-refractivity contribution in [2.45, 2.75) is 25.7 Å². The summed E-state index contributed by atoms with van der Waals surface area (Å²) in [6.07, 6.45) is 4.76. The van der Waals surface area contributed by atoms with Crippen LogP contribution in [0.2, 0.25) is 0 Å². The third-order valence-electron chi connectivity index (χ3n) is 3.11. The lowest BCUT2D eigenvalue weighted by Gasteiger charge is -2.13. The molecule has 0 radical (unpaired) electrons. The lowest BCUT2D eigenvalue weighted by Crippen LogP contribution is -2.14. The Labute approximate surface area is 90.7 Å². The van der Waals surface area contributed by atoms with E-state index in [2.05, 4.69) is 5.32 Å². The minimum atomic E-state index is -0.112. The fourth-order valence-electron chi connectivity index (χ4n) is 2.29. The van der Waals surface area contributed by atoms with E-state index in [1.807, 2.05) is 6.07 Å². The van der Waals surface area contributed by atoms with Crippen molar-refractivity contribution in [3.8, 4) is 0 Å². The summed E-state index contributed by atoms with van der Waals surface area (Å²) < 4.78 is 13.0. The van der Waals surface area contributed by atoms with Crippen LogP contribution in [0.3, 0.4) is 0 Å². The smallest absolute Gasteiger partial charge is 0.123 e. The Bertz CT molecular complexity index is 303. The van der Waals surface area contributed by atoms with Gasteiger partial charge in [0.2, 0.25) is 0 Å². The molecule has 0 spiro atoms. The molecule has 1 fully saturated rings. The van der Waals surface area contributed by atoms with Crippen LogP contribution >= 0.6 is 0 Å². The van der Waals surface area contributed by atoms with Crippen molar-refractivity contribution < 1.29 is 4.39 Å². The zero-order valence-corrected chi connectivity index (χ0v) is 9.01. The van der Waals surface area contributed by atoms with Crippen LogP contribution < -0.4 is 5.32 Å². The lowest BCUT2D eigenvalue weighted by molar-refractivity contribution is 0.468. The van der Waals surface area contributed by atoms with Gasteiger partial charge < -0.3 is 5.32 Å². The number of halogens is 1. The largest absolute Gasteiger partial charge is 0.317 e. The Morgan fingerprint density at radius 1 is 1.27 bits per heavy atom. The second kappa shape index (κ2) is 5.26. The third-order valence-corrected chi connectivity index (χ3v) is 3.11. The highest BCUT2D eigenvalue weighted by atomic mass is 19.1. The van der Waals surface area contributed by atoms with Gasteiger partial charge in [0.25, 0.3) is 0 Å². The van der Waals surface area contributed by atoms with Crippen LogP contribution in [-0.4, -0.2) is 13.1 Å². The fourth-order valence-corrected chi connectivity index (χ4v) is 2.29. The molecule has 0 amide bonds. The molecule has 1 unspecified atom stereocenters. The van der Waals surface area contributed by atoms with E-state index in [0.29, 0.717) is 0 Å². The molecule has 15 heavy (non-hydrogen) atoms. The molecule has 2 heteroatoms. The second-order valence-electron chi connectivity index (χ2n) is 4.38. The first-order valence-corrected chi connectivity index (χ1v) is 5.80. The minimum absolute atomic E-state index is 0.112. The summed E-state index contributed by atoms with van der Waals surface area (Å²) in [5.74, 6) is 0.612. The Hall–Kier alpha value is -0.890. The van der Waals surface area contributed by atoms with Gasteiger partial charge in [-0.25, -0.2) is 4.39 Å². The highest BCUT2D eigenvalue weighted by Gasteiger charge is 2.12. The van der Waals surface area contributed by atoms with Crippen LogP contribution in [0.25, 0.3) is 0 Å². The van der Waals surface area contributed by atoms with E-state index in [9.17, 15) is 4.39 Å². The molecule has 82 valence electrons. The van der Waals surface area contributed by atoms with Crippen molar-refractivity contribution in [1.82, 2.24) is 5.32 Å². The van der Waals surface area contributed by atoms with Crippen molar-refractivity contribution in [3.05, 3.63) is 35.6 Å². The normalized spacial score (nSPS) is 22.3. The second-order valence-corrected chi connectivity index (χ2v) is 4.38. The topological polar surface area (TPSA) is 12.0 Å². The van der Waals surface area contributed by atoms with Crippen LogP contribution in [0.15, 0.2) is 24.3 Å². The monoisotopic (exact) mass is 207 g/mol. The van der Waals surface area contributed by atoms with Gasteiger partial charge in [0.15, 0.2) is 0 Å². The summed E-state index contributed by atoms with van der Waals surface area (Å²) in [4.78, 5) is 0. The molecule has 2 rings (SSSR count). The van der Waals surface area contributed by atoms with Crippen LogP contribution in [0.5, 0.6) is 0 Å². The highest BCUT2D eigenvalue weighted by molar-refractivity contribution is 5.16. The zero-order valence-electron chi connectivity index (χ0n) is 9.01. The molecule has 1 saturated heterocycles. The predicted octanol–water partition coefficient (Wildman–Crippen LogP) is 2.76. The summed E-state index contributed by atoms with van der Waals surface area (Å²) in [7, 11) is 0. The van der Waals surface area contributed by atoms with Crippen LogP contribution in [0.1, 0.15) is 24.8 Å². The zero-order chi connectivity index (χ0) is 10.5. The molecule has 1 aromatic carbocycles. The molecule has 1 heterocycles. The molecule has 1 nitrogen and oxygen atoms in total. The quantitative estimate of drug-likeness (QED) is 0.786. The first kappa shape index (κ1) is 10.6. The molecular weight excluding hydrogens is 189 g/mol. The summed E-state index contributed by atoms with van der Waals surface area (Å²) >= 11 is 0. The molecule has 1 aromatic rings. The van der Waals surface area contributed by atoms with Gasteiger partial charge in [0.1, 0.15) is 5.82 Å². The Kier molecular flexibility index (Phi) is 3.73. The number of benzene rings is 1. The van der Waals surface area contributed by atoms with Crippen molar-refractivity contribution in [3.63, 3.8) is 0 Å². The third kappa shape index (κ3) is 3.31. The first-order chi connectivity index (χ1) is 7.34. The van der Waals surface area contributed by atoms with Gasteiger partial charge in [-0.1, -0.05) is 12.1 Å². The van der Waals surface area contributed by atoms with Gasteiger partial charge in [-0.3, -0.25) is 0 Å². The summed E-state index contributed by atoms with van der Waals surface area (Å²) in [6.45, 7) is 2.25. The number of nitrogens with one attached hydrogen (secondary N) is 1. The Morgan fingerprint density at radius 2 is 2.20 bits per heavy atom. The van der Waals surface area contributed by atoms with E-state index >= 15 is 0 Å². The van der Waals surface area contributed by atoms with E-state index in [1.165, 1.54) is 25.3 Å². The van der Waals surface area contributed by atoms with Gasteiger partial charge in [0, 0.05) is 0 Å². The fraction of sp³-hybridized carbons (Fsp3) is 0.538. The maximum absolute atomic E-state index is 13.0. The molecule has 0 aromatic heterocycles. The maximum atomic E-state index is 13.0. The molecule has 1 N–H and O–H groups in total. The van der Waals surface area contributed by atoms with Crippen molar-refractivity contribution in [2.24, 2.45) is 5.92 Å². The molecule has 0 saturated carbocycles. The van der Waals surface area contributed by atoms with Crippen LogP contribution in [0, 0.1) is 11.7 Å². The van der Waals surface area contributed by atoms with E-state index in [4.69, 9.17) is 0 Å². The summed E-state index contributed by atoms with van der Waals surface area (Å²) in [5, 5.41) is 3.40. The van der Waals surface area contributed by atoms with Gasteiger partial charge in [-0.2, -0.15) is 0 Å². The molecular formula is C13H18FN. The average molecular weight is 207 g/mol. The highest BCUT2D eigenvalue weighted by Crippen LogP contribution is 2.19. The van der Waals surface area contributed by atoms with E-state index in [-0.39, 0.29) is 5.82 Å². The van der Waals surface area contributed by atoms with Crippen molar-refractivity contribution in [2.75, 3.05) is 13.1 Å². The minimum Gasteiger partial charge on any atom is -0.317 e. The predicted molar refractivity (Wildman–Crippen MR) is 60.3 cm³/mol. The van der Waals surface area contributed by atoms with Gasteiger partial charge in [-0.05, 0) is 62.4 Å². The average Bonchev–Trinajstić information content (AvgIpc) is 2.46. The molecule has 0 bridgehead atoms. The van der Waals surface area contributed by atoms with Crippen LogP contribution in [0.4, 0.5) is 4.39 Å². The van der Waals surface area contributed by atoms with E-state index in [0.717, 1.165) is 31.0 Å². The molecule has 1 aliphatic heterocycles.